The molecule has 0 bridgehead atoms. The maximum absolute atomic E-state index is 13.6. The van der Waals surface area contributed by atoms with E-state index >= 15 is 0 Å². The Morgan fingerprint density at radius 3 is 2.53 bits per heavy atom. The molecule has 1 nitrogen and oxygen atoms in total. The molecule has 0 amide bonds. The highest BCUT2D eigenvalue weighted by Crippen LogP contribution is 2.28. The van der Waals surface area contributed by atoms with Crippen LogP contribution in [0.2, 0.25) is 5.02 Å². The number of rotatable bonds is 3. The van der Waals surface area contributed by atoms with E-state index in [9.17, 15) is 13.2 Å². The molecule has 0 saturated carbocycles. The van der Waals surface area contributed by atoms with Gasteiger partial charge in [0.05, 0.1) is 16.8 Å². The van der Waals surface area contributed by atoms with Gasteiger partial charge in [0, 0.05) is 5.56 Å². The molecule has 1 N–H and O–H groups in total. The van der Waals surface area contributed by atoms with Crippen molar-refractivity contribution < 1.29 is 13.2 Å². The number of benzene rings is 2. The standard InChI is InChI=1S/C14H11ClF3N/c1-8(10-3-2-4-12(17)14(10)18)19-13-6-5-9(16)7-11(13)15/h2-8,19H,1H3. The van der Waals surface area contributed by atoms with Crippen LogP contribution in [0.1, 0.15) is 18.5 Å². The van der Waals surface area contributed by atoms with E-state index < -0.39 is 23.5 Å². The lowest BCUT2D eigenvalue weighted by atomic mass is 10.1. The van der Waals surface area contributed by atoms with Crippen LogP contribution < -0.4 is 5.32 Å². The highest BCUT2D eigenvalue weighted by Gasteiger charge is 2.15. The van der Waals surface area contributed by atoms with Gasteiger partial charge >= 0.3 is 0 Å². The molecule has 0 spiro atoms. The minimum atomic E-state index is -0.906. The summed E-state index contributed by atoms with van der Waals surface area (Å²) < 4.78 is 39.6. The lowest BCUT2D eigenvalue weighted by molar-refractivity contribution is 0.494. The molecule has 19 heavy (non-hydrogen) atoms. The van der Waals surface area contributed by atoms with Crippen molar-refractivity contribution in [1.82, 2.24) is 0 Å². The van der Waals surface area contributed by atoms with Crippen molar-refractivity contribution in [3.8, 4) is 0 Å². The second-order valence-electron chi connectivity index (χ2n) is 4.13. The number of hydrogen-bond donors (Lipinski definition) is 1. The predicted octanol–water partition coefficient (Wildman–Crippen LogP) is 4.93. The van der Waals surface area contributed by atoms with E-state index in [-0.39, 0.29) is 10.6 Å². The fraction of sp³-hybridized carbons (Fsp3) is 0.143. The summed E-state index contributed by atoms with van der Waals surface area (Å²) in [4.78, 5) is 0. The first-order valence-corrected chi connectivity index (χ1v) is 6.02. The van der Waals surface area contributed by atoms with E-state index in [0.717, 1.165) is 12.1 Å². The third-order valence-electron chi connectivity index (χ3n) is 2.75. The fourth-order valence-electron chi connectivity index (χ4n) is 1.77. The first-order chi connectivity index (χ1) is 8.99. The van der Waals surface area contributed by atoms with Gasteiger partial charge in [-0.15, -0.1) is 0 Å². The molecule has 1 atom stereocenters. The Labute approximate surface area is 114 Å². The Morgan fingerprint density at radius 2 is 1.84 bits per heavy atom. The first-order valence-electron chi connectivity index (χ1n) is 5.64. The largest absolute Gasteiger partial charge is 0.377 e. The summed E-state index contributed by atoms with van der Waals surface area (Å²) in [5.74, 6) is -2.27. The van der Waals surface area contributed by atoms with Crippen LogP contribution in [0.5, 0.6) is 0 Å². The summed E-state index contributed by atoms with van der Waals surface area (Å²) in [7, 11) is 0. The zero-order chi connectivity index (χ0) is 14.0. The number of nitrogens with one attached hydrogen (secondary N) is 1. The minimum Gasteiger partial charge on any atom is -0.377 e. The van der Waals surface area contributed by atoms with Crippen molar-refractivity contribution in [3.63, 3.8) is 0 Å². The monoisotopic (exact) mass is 285 g/mol. The maximum atomic E-state index is 13.6. The summed E-state index contributed by atoms with van der Waals surface area (Å²) >= 11 is 5.86. The van der Waals surface area contributed by atoms with E-state index in [0.29, 0.717) is 5.69 Å². The highest BCUT2D eigenvalue weighted by atomic mass is 35.5. The molecule has 0 aliphatic carbocycles. The van der Waals surface area contributed by atoms with Crippen molar-refractivity contribution in [2.75, 3.05) is 5.32 Å². The van der Waals surface area contributed by atoms with E-state index in [4.69, 9.17) is 11.6 Å². The highest BCUT2D eigenvalue weighted by molar-refractivity contribution is 6.33. The molecule has 0 fully saturated rings. The molecule has 0 saturated heterocycles. The van der Waals surface area contributed by atoms with Crippen LogP contribution >= 0.6 is 11.6 Å². The SMILES string of the molecule is CC(Nc1ccc(F)cc1Cl)c1cccc(F)c1F. The summed E-state index contributed by atoms with van der Waals surface area (Å²) in [6.07, 6.45) is 0. The van der Waals surface area contributed by atoms with Crippen molar-refractivity contribution in [3.05, 3.63) is 64.4 Å². The number of hydrogen-bond acceptors (Lipinski definition) is 1. The average Bonchev–Trinajstić information content (AvgIpc) is 2.36. The van der Waals surface area contributed by atoms with Crippen LogP contribution in [-0.4, -0.2) is 0 Å². The summed E-state index contributed by atoms with van der Waals surface area (Å²) in [6.45, 7) is 1.66. The summed E-state index contributed by atoms with van der Waals surface area (Å²) in [5, 5.41) is 3.10. The molecule has 2 aromatic rings. The van der Waals surface area contributed by atoms with Crippen LogP contribution in [0.4, 0.5) is 18.9 Å². The zero-order valence-electron chi connectivity index (χ0n) is 10.1. The third-order valence-corrected chi connectivity index (χ3v) is 3.06. The normalized spacial score (nSPS) is 12.3. The Kier molecular flexibility index (Phi) is 4.00. The Morgan fingerprint density at radius 1 is 1.11 bits per heavy atom. The van der Waals surface area contributed by atoms with Gasteiger partial charge in [0.1, 0.15) is 5.82 Å². The van der Waals surface area contributed by atoms with Gasteiger partial charge < -0.3 is 5.32 Å². The van der Waals surface area contributed by atoms with E-state index in [1.807, 2.05) is 0 Å². The van der Waals surface area contributed by atoms with Crippen molar-refractivity contribution >= 4 is 17.3 Å². The van der Waals surface area contributed by atoms with Gasteiger partial charge in [0.2, 0.25) is 0 Å². The van der Waals surface area contributed by atoms with Crippen LogP contribution in [0.3, 0.4) is 0 Å². The molecule has 1 unspecified atom stereocenters. The lowest BCUT2D eigenvalue weighted by Crippen LogP contribution is -2.10. The molecule has 0 aliphatic rings. The van der Waals surface area contributed by atoms with Crippen LogP contribution in [0.25, 0.3) is 0 Å². The molecule has 2 aromatic carbocycles. The summed E-state index contributed by atoms with van der Waals surface area (Å²) in [5.41, 5.74) is 0.639. The van der Waals surface area contributed by atoms with Gasteiger partial charge in [-0.1, -0.05) is 23.7 Å². The second kappa shape index (κ2) is 5.53. The Bertz CT molecular complexity index is 601. The molecular weight excluding hydrogens is 275 g/mol. The van der Waals surface area contributed by atoms with E-state index in [2.05, 4.69) is 5.32 Å². The average molecular weight is 286 g/mol. The molecule has 0 radical (unpaired) electrons. The van der Waals surface area contributed by atoms with E-state index in [1.165, 1.54) is 24.3 Å². The van der Waals surface area contributed by atoms with Gasteiger partial charge in [-0.25, -0.2) is 13.2 Å². The Hall–Kier alpha value is -1.68. The summed E-state index contributed by atoms with van der Waals surface area (Å²) in [6, 6.07) is 7.30. The molecular formula is C14H11ClF3N. The topological polar surface area (TPSA) is 12.0 Å². The molecule has 100 valence electrons. The zero-order valence-corrected chi connectivity index (χ0v) is 10.8. The molecule has 5 heteroatoms. The first kappa shape index (κ1) is 13.7. The van der Waals surface area contributed by atoms with Gasteiger partial charge in [-0.2, -0.15) is 0 Å². The Balaban J connectivity index is 2.25. The third kappa shape index (κ3) is 3.01. The van der Waals surface area contributed by atoms with Crippen LogP contribution in [0, 0.1) is 17.5 Å². The van der Waals surface area contributed by atoms with Crippen molar-refractivity contribution in [2.45, 2.75) is 13.0 Å². The molecule has 0 aliphatic heterocycles. The molecule has 0 aromatic heterocycles. The van der Waals surface area contributed by atoms with Crippen LogP contribution in [0.15, 0.2) is 36.4 Å². The van der Waals surface area contributed by atoms with Gasteiger partial charge in [-0.05, 0) is 31.2 Å². The second-order valence-corrected chi connectivity index (χ2v) is 4.54. The predicted molar refractivity (Wildman–Crippen MR) is 69.8 cm³/mol. The van der Waals surface area contributed by atoms with Crippen molar-refractivity contribution in [2.24, 2.45) is 0 Å². The van der Waals surface area contributed by atoms with Crippen LogP contribution in [-0.2, 0) is 0 Å². The van der Waals surface area contributed by atoms with Crippen molar-refractivity contribution in [1.29, 1.82) is 0 Å². The minimum absolute atomic E-state index is 0.181. The van der Waals surface area contributed by atoms with Gasteiger partial charge in [0.15, 0.2) is 11.6 Å². The quantitative estimate of drug-likeness (QED) is 0.843. The molecule has 0 heterocycles. The smallest absolute Gasteiger partial charge is 0.164 e. The van der Waals surface area contributed by atoms with Gasteiger partial charge in [0.25, 0.3) is 0 Å². The molecule has 2 rings (SSSR count). The van der Waals surface area contributed by atoms with Gasteiger partial charge in [-0.3, -0.25) is 0 Å². The number of halogens is 4. The lowest BCUT2D eigenvalue weighted by Gasteiger charge is -2.17. The fourth-order valence-corrected chi connectivity index (χ4v) is 1.99. The maximum Gasteiger partial charge on any atom is 0.164 e. The van der Waals surface area contributed by atoms with E-state index in [1.54, 1.807) is 6.92 Å². The number of anilines is 1.